The number of ether oxygens (including phenoxy) is 1. The van der Waals surface area contributed by atoms with Crippen molar-refractivity contribution in [3.05, 3.63) is 54.6 Å². The van der Waals surface area contributed by atoms with E-state index < -0.39 is 12.5 Å². The van der Waals surface area contributed by atoms with E-state index in [-0.39, 0.29) is 17.7 Å². The third kappa shape index (κ3) is 4.05. The summed E-state index contributed by atoms with van der Waals surface area (Å²) in [4.78, 5) is 18.9. The Labute approximate surface area is 158 Å². The van der Waals surface area contributed by atoms with Crippen LogP contribution < -0.4 is 10.6 Å². The number of anilines is 2. The van der Waals surface area contributed by atoms with Crippen molar-refractivity contribution >= 4 is 17.7 Å². The summed E-state index contributed by atoms with van der Waals surface area (Å²) >= 11 is 0. The second-order valence-electron chi connectivity index (χ2n) is 6.17. The van der Waals surface area contributed by atoms with Crippen molar-refractivity contribution in [3.63, 3.8) is 0 Å². The molecule has 1 aliphatic rings. The molecule has 0 aliphatic carbocycles. The first-order chi connectivity index (χ1) is 13.6. The number of aromatic nitrogens is 4. The number of alkyl halides is 2. The summed E-state index contributed by atoms with van der Waals surface area (Å²) in [7, 11) is 0. The molecule has 4 rings (SSSR count). The van der Waals surface area contributed by atoms with Gasteiger partial charge in [0.15, 0.2) is 0 Å². The van der Waals surface area contributed by atoms with Crippen molar-refractivity contribution < 1.29 is 18.3 Å². The van der Waals surface area contributed by atoms with Crippen LogP contribution in [0.15, 0.2) is 48.9 Å². The lowest BCUT2D eigenvalue weighted by molar-refractivity contribution is 0.129. The minimum atomic E-state index is -2.66. The molecule has 2 aromatic heterocycles. The smallest absolute Gasteiger partial charge is 0.407 e. The molecule has 0 spiro atoms. The fraction of sp³-hybridized carbons (Fsp3) is 0.222. The Morgan fingerprint density at radius 1 is 1.32 bits per heavy atom. The van der Waals surface area contributed by atoms with Crippen molar-refractivity contribution in [1.82, 2.24) is 25.1 Å². The molecule has 28 heavy (non-hydrogen) atoms. The lowest BCUT2D eigenvalue weighted by Crippen LogP contribution is -2.20. The van der Waals surface area contributed by atoms with Gasteiger partial charge in [-0.2, -0.15) is 5.10 Å². The highest BCUT2D eigenvalue weighted by Crippen LogP contribution is 2.24. The molecule has 3 aromatic rings. The number of hydrogen-bond acceptors (Lipinski definition) is 6. The minimum absolute atomic E-state index is 0.0983. The van der Waals surface area contributed by atoms with Gasteiger partial charge in [0, 0.05) is 23.6 Å². The van der Waals surface area contributed by atoms with Crippen LogP contribution in [0, 0.1) is 0 Å². The van der Waals surface area contributed by atoms with E-state index in [1.165, 1.54) is 12.3 Å². The number of benzene rings is 1. The summed E-state index contributed by atoms with van der Waals surface area (Å²) in [6, 6.07) is 8.54. The molecule has 8 nitrogen and oxygen atoms in total. The molecular weight excluding hydrogens is 370 g/mol. The number of hydrogen-bond donors (Lipinski definition) is 2. The van der Waals surface area contributed by atoms with Gasteiger partial charge in [-0.3, -0.25) is 4.68 Å². The fourth-order valence-electron chi connectivity index (χ4n) is 2.81. The molecule has 144 valence electrons. The number of alkyl carbamates (subject to hydrolysis) is 1. The summed E-state index contributed by atoms with van der Waals surface area (Å²) in [5, 5.41) is 9.83. The summed E-state index contributed by atoms with van der Waals surface area (Å²) in [5.74, 6) is 0.0983. The number of nitrogens with zero attached hydrogens (tertiary/aromatic N) is 4. The Bertz CT molecular complexity index is 993. The summed E-state index contributed by atoms with van der Waals surface area (Å²) in [5.41, 5.74) is 2.06. The molecule has 1 aromatic carbocycles. The zero-order valence-electron chi connectivity index (χ0n) is 14.5. The van der Waals surface area contributed by atoms with Gasteiger partial charge in [-0.15, -0.1) is 0 Å². The monoisotopic (exact) mass is 386 g/mol. The van der Waals surface area contributed by atoms with Crippen LogP contribution in [-0.4, -0.2) is 38.5 Å². The van der Waals surface area contributed by atoms with Gasteiger partial charge in [-0.05, 0) is 23.8 Å². The average Bonchev–Trinajstić information content (AvgIpc) is 3.31. The predicted molar refractivity (Wildman–Crippen MR) is 96.2 cm³/mol. The second kappa shape index (κ2) is 7.59. The van der Waals surface area contributed by atoms with Gasteiger partial charge in [0.1, 0.15) is 11.8 Å². The first kappa shape index (κ1) is 17.8. The van der Waals surface area contributed by atoms with Crippen molar-refractivity contribution in [1.29, 1.82) is 0 Å². The molecule has 0 bridgehead atoms. The van der Waals surface area contributed by atoms with Gasteiger partial charge >= 0.3 is 6.09 Å². The van der Waals surface area contributed by atoms with Crippen LogP contribution >= 0.6 is 0 Å². The lowest BCUT2D eigenvalue weighted by Gasteiger charge is -2.08. The van der Waals surface area contributed by atoms with Crippen LogP contribution in [0.25, 0.3) is 11.1 Å². The van der Waals surface area contributed by atoms with Crippen LogP contribution in [0.1, 0.15) is 12.1 Å². The van der Waals surface area contributed by atoms with Crippen molar-refractivity contribution in [2.45, 2.75) is 19.1 Å². The molecule has 2 N–H and O–H groups in total. The molecule has 1 amide bonds. The second-order valence-corrected chi connectivity index (χ2v) is 6.17. The molecule has 0 saturated carbocycles. The highest BCUT2D eigenvalue weighted by molar-refractivity contribution is 5.69. The topological polar surface area (TPSA) is 94.0 Å². The first-order valence-electron chi connectivity index (χ1n) is 8.52. The number of rotatable bonds is 6. The maximum Gasteiger partial charge on any atom is 0.407 e. The van der Waals surface area contributed by atoms with Gasteiger partial charge in [-0.1, -0.05) is 12.1 Å². The van der Waals surface area contributed by atoms with E-state index in [0.717, 1.165) is 11.1 Å². The number of amides is 1. The molecule has 1 fully saturated rings. The summed E-state index contributed by atoms with van der Waals surface area (Å²) in [6.45, 7) is 0.899. The van der Waals surface area contributed by atoms with Gasteiger partial charge < -0.3 is 15.4 Å². The minimum Gasteiger partial charge on any atom is -0.442 e. The normalized spacial score (nSPS) is 16.1. The molecule has 1 aliphatic heterocycles. The fourth-order valence-corrected chi connectivity index (χ4v) is 2.81. The third-order valence-corrected chi connectivity index (χ3v) is 4.12. The molecular formula is C18H16F2N6O2. The number of carbonyl (C=O) groups excluding carboxylic acids is 1. The Balaban J connectivity index is 1.48. The van der Waals surface area contributed by atoms with Gasteiger partial charge in [0.05, 0.1) is 19.3 Å². The number of carbonyl (C=O) groups is 1. The molecule has 3 heterocycles. The predicted octanol–water partition coefficient (Wildman–Crippen LogP) is 3.13. The van der Waals surface area contributed by atoms with Crippen LogP contribution in [0.5, 0.6) is 0 Å². The maximum absolute atomic E-state index is 12.8. The molecule has 10 heteroatoms. The van der Waals surface area contributed by atoms with E-state index in [1.54, 1.807) is 16.9 Å². The third-order valence-electron chi connectivity index (χ3n) is 4.12. The lowest BCUT2D eigenvalue weighted by atomic mass is 10.1. The SMILES string of the molecule is O=C1NC[C@@H](Cn2cc(-c3cccc(Nc4nccc(C(F)F)n4)c3)cn2)O1. The average molecular weight is 386 g/mol. The van der Waals surface area contributed by atoms with Gasteiger partial charge in [-0.25, -0.2) is 23.5 Å². The Morgan fingerprint density at radius 3 is 3.00 bits per heavy atom. The Hall–Kier alpha value is -3.56. The zero-order chi connectivity index (χ0) is 19.5. The molecule has 1 atom stereocenters. The number of cyclic esters (lactones) is 1. The van der Waals surface area contributed by atoms with Crippen LogP contribution in [0.3, 0.4) is 0 Å². The van der Waals surface area contributed by atoms with Gasteiger partial charge in [0.25, 0.3) is 6.43 Å². The first-order valence-corrected chi connectivity index (χ1v) is 8.52. The van der Waals surface area contributed by atoms with Crippen molar-refractivity contribution in [2.75, 3.05) is 11.9 Å². The van der Waals surface area contributed by atoms with Crippen LogP contribution in [0.4, 0.5) is 25.2 Å². The molecule has 0 radical (unpaired) electrons. The number of halogens is 2. The summed E-state index contributed by atoms with van der Waals surface area (Å²) in [6.07, 6.45) is 1.50. The zero-order valence-corrected chi connectivity index (χ0v) is 14.5. The van der Waals surface area contributed by atoms with Crippen molar-refractivity contribution in [3.8, 4) is 11.1 Å². The highest BCUT2D eigenvalue weighted by Gasteiger charge is 2.23. The van der Waals surface area contributed by atoms with Crippen molar-refractivity contribution in [2.24, 2.45) is 0 Å². The molecule has 1 saturated heterocycles. The largest absolute Gasteiger partial charge is 0.442 e. The standard InChI is InChI=1S/C18H16F2N6O2/c19-16(20)15-4-5-21-17(25-15)24-13-3-1-2-11(6-13)12-7-23-26(9-12)10-14-8-22-18(27)28-14/h1-7,9,14,16H,8,10H2,(H,22,27)(H,21,24,25)/t14-/m0/s1. The van der Waals surface area contributed by atoms with Gasteiger partial charge in [0.2, 0.25) is 5.95 Å². The van der Waals surface area contributed by atoms with E-state index in [1.807, 2.05) is 24.4 Å². The highest BCUT2D eigenvalue weighted by atomic mass is 19.3. The molecule has 0 unspecified atom stereocenters. The van der Waals surface area contributed by atoms with Crippen LogP contribution in [-0.2, 0) is 11.3 Å². The summed E-state index contributed by atoms with van der Waals surface area (Å²) < 4.78 is 32.4. The quantitative estimate of drug-likeness (QED) is 0.676. The van der Waals surface area contributed by atoms with E-state index in [0.29, 0.717) is 18.8 Å². The van der Waals surface area contributed by atoms with E-state index in [9.17, 15) is 13.6 Å². The number of nitrogens with one attached hydrogen (secondary N) is 2. The van der Waals surface area contributed by atoms with E-state index >= 15 is 0 Å². The maximum atomic E-state index is 12.8. The Morgan fingerprint density at radius 2 is 2.21 bits per heavy atom. The Kier molecular flexibility index (Phi) is 4.83. The van der Waals surface area contributed by atoms with E-state index in [2.05, 4.69) is 25.7 Å². The van der Waals surface area contributed by atoms with E-state index in [4.69, 9.17) is 4.74 Å². The van der Waals surface area contributed by atoms with Crippen LogP contribution in [0.2, 0.25) is 0 Å².